The fraction of sp³-hybridized carbons (Fsp3) is 0.600. The average molecular weight is 274 g/mol. The number of allylic oxidation sites excluding steroid dienone is 4. The fourth-order valence-corrected chi connectivity index (χ4v) is 1.48. The van der Waals surface area contributed by atoms with Crippen LogP contribution in [0.4, 0.5) is 8.78 Å². The van der Waals surface area contributed by atoms with E-state index in [1.807, 2.05) is 13.8 Å². The van der Waals surface area contributed by atoms with E-state index in [1.165, 1.54) is 19.1 Å². The zero-order chi connectivity index (χ0) is 15.1. The van der Waals surface area contributed by atoms with Crippen molar-refractivity contribution in [2.24, 2.45) is 0 Å². The predicted molar refractivity (Wildman–Crippen MR) is 80.8 cm³/mol. The first-order valence-corrected chi connectivity index (χ1v) is 6.63. The number of rotatable bonds is 3. The molecule has 0 aliphatic carbocycles. The van der Waals surface area contributed by atoms with Crippen LogP contribution >= 0.6 is 0 Å². The minimum Gasteiger partial charge on any atom is -0.314 e. The second-order valence-corrected chi connectivity index (χ2v) is 4.07. The van der Waals surface area contributed by atoms with E-state index in [4.69, 9.17) is 0 Å². The van der Waals surface area contributed by atoms with Crippen molar-refractivity contribution in [2.75, 3.05) is 19.6 Å². The summed E-state index contributed by atoms with van der Waals surface area (Å²) in [7, 11) is 0. The summed E-state index contributed by atoms with van der Waals surface area (Å²) in [5.41, 5.74) is 0. The van der Waals surface area contributed by atoms with Crippen molar-refractivity contribution in [2.45, 2.75) is 39.4 Å². The standard InChI is InChI=1S/C7H15FN2.C5H7F.C3H6/c1-2-10-7-3-4-9-5-6(7)8;1-3-4-5(2)6;1-3-2/h6-7,9-10H,2-5H2,1H3;3-4H,1H2,2H3;3H,1H2,2H3/b;5-4+;/t6-,7+;;/m1../s1. The maximum atomic E-state index is 12.9. The molecule has 112 valence electrons. The van der Waals surface area contributed by atoms with Crippen molar-refractivity contribution in [3.63, 3.8) is 0 Å². The Morgan fingerprint density at radius 2 is 2.05 bits per heavy atom. The van der Waals surface area contributed by atoms with E-state index in [2.05, 4.69) is 23.8 Å². The van der Waals surface area contributed by atoms with Gasteiger partial charge in [-0.15, -0.1) is 6.58 Å². The summed E-state index contributed by atoms with van der Waals surface area (Å²) in [5, 5.41) is 6.13. The third-order valence-electron chi connectivity index (χ3n) is 2.22. The maximum absolute atomic E-state index is 12.9. The zero-order valence-corrected chi connectivity index (χ0v) is 12.4. The first-order valence-electron chi connectivity index (χ1n) is 6.63. The molecular formula is C15H28F2N2. The summed E-state index contributed by atoms with van der Waals surface area (Å²) in [6.45, 7) is 14.2. The SMILES string of the molecule is C=C/C=C(\C)F.C=CC.CCN[C@H]1CCNC[C@H]1F. The number of hydrogen-bond acceptors (Lipinski definition) is 2. The number of alkyl halides is 1. The zero-order valence-electron chi connectivity index (χ0n) is 12.4. The highest BCUT2D eigenvalue weighted by Crippen LogP contribution is 2.06. The quantitative estimate of drug-likeness (QED) is 0.607. The van der Waals surface area contributed by atoms with E-state index in [1.54, 1.807) is 6.08 Å². The highest BCUT2D eigenvalue weighted by Gasteiger charge is 2.22. The van der Waals surface area contributed by atoms with Crippen LogP contribution in [-0.2, 0) is 0 Å². The summed E-state index contributed by atoms with van der Waals surface area (Å²) in [4.78, 5) is 0. The molecule has 2 nitrogen and oxygen atoms in total. The molecule has 0 aromatic rings. The van der Waals surface area contributed by atoms with Gasteiger partial charge in [0.1, 0.15) is 6.17 Å². The topological polar surface area (TPSA) is 24.1 Å². The molecule has 1 heterocycles. The molecule has 0 radical (unpaired) electrons. The second-order valence-electron chi connectivity index (χ2n) is 4.07. The lowest BCUT2D eigenvalue weighted by Gasteiger charge is -2.26. The molecule has 0 spiro atoms. The van der Waals surface area contributed by atoms with E-state index in [0.29, 0.717) is 6.54 Å². The Morgan fingerprint density at radius 1 is 1.47 bits per heavy atom. The molecule has 1 fully saturated rings. The molecule has 2 atom stereocenters. The van der Waals surface area contributed by atoms with Crippen LogP contribution in [0, 0.1) is 0 Å². The summed E-state index contributed by atoms with van der Waals surface area (Å²) in [6.07, 6.45) is 4.68. The molecular weight excluding hydrogens is 246 g/mol. The largest absolute Gasteiger partial charge is 0.314 e. The highest BCUT2D eigenvalue weighted by molar-refractivity contribution is 5.00. The lowest BCUT2D eigenvalue weighted by molar-refractivity contribution is 0.205. The summed E-state index contributed by atoms with van der Waals surface area (Å²) >= 11 is 0. The molecule has 19 heavy (non-hydrogen) atoms. The second kappa shape index (κ2) is 15.1. The monoisotopic (exact) mass is 274 g/mol. The number of piperidine rings is 1. The molecule has 1 aliphatic heterocycles. The van der Waals surface area contributed by atoms with Crippen LogP contribution in [0.25, 0.3) is 0 Å². The van der Waals surface area contributed by atoms with Gasteiger partial charge in [0.15, 0.2) is 0 Å². The van der Waals surface area contributed by atoms with Crippen LogP contribution < -0.4 is 10.6 Å². The van der Waals surface area contributed by atoms with E-state index >= 15 is 0 Å². The molecule has 0 aromatic heterocycles. The first-order chi connectivity index (χ1) is 9.03. The molecule has 1 rings (SSSR count). The third-order valence-corrected chi connectivity index (χ3v) is 2.22. The van der Waals surface area contributed by atoms with Gasteiger partial charge >= 0.3 is 0 Å². The van der Waals surface area contributed by atoms with Gasteiger partial charge in [0.2, 0.25) is 0 Å². The van der Waals surface area contributed by atoms with Crippen LogP contribution in [0.15, 0.2) is 37.2 Å². The molecule has 0 unspecified atom stereocenters. The Bertz CT molecular complexity index is 247. The van der Waals surface area contributed by atoms with Crippen LogP contribution in [0.3, 0.4) is 0 Å². The van der Waals surface area contributed by atoms with Crippen molar-refractivity contribution in [3.8, 4) is 0 Å². The van der Waals surface area contributed by atoms with Gasteiger partial charge in [-0.25, -0.2) is 8.78 Å². The Hall–Kier alpha value is -1.00. The van der Waals surface area contributed by atoms with E-state index in [0.717, 1.165) is 19.5 Å². The van der Waals surface area contributed by atoms with E-state index in [9.17, 15) is 8.78 Å². The number of nitrogens with one attached hydrogen (secondary N) is 2. The normalized spacial score (nSPS) is 22.3. The average Bonchev–Trinajstić information content (AvgIpc) is 2.34. The van der Waals surface area contributed by atoms with Crippen LogP contribution in [0.5, 0.6) is 0 Å². The molecule has 0 amide bonds. The minimum atomic E-state index is -0.700. The van der Waals surface area contributed by atoms with Gasteiger partial charge in [-0.2, -0.15) is 0 Å². The lowest BCUT2D eigenvalue weighted by atomic mass is 10.1. The van der Waals surface area contributed by atoms with Gasteiger partial charge in [-0.1, -0.05) is 25.7 Å². The Labute approximate surface area is 116 Å². The van der Waals surface area contributed by atoms with Crippen molar-refractivity contribution in [1.82, 2.24) is 10.6 Å². The van der Waals surface area contributed by atoms with Crippen molar-refractivity contribution < 1.29 is 8.78 Å². The van der Waals surface area contributed by atoms with Gasteiger partial charge in [0, 0.05) is 12.6 Å². The van der Waals surface area contributed by atoms with Crippen LogP contribution in [0.2, 0.25) is 0 Å². The number of halogens is 2. The Morgan fingerprint density at radius 3 is 2.37 bits per heavy atom. The molecule has 4 heteroatoms. The molecule has 1 aliphatic rings. The van der Waals surface area contributed by atoms with Crippen molar-refractivity contribution >= 4 is 0 Å². The summed E-state index contributed by atoms with van der Waals surface area (Å²) < 4.78 is 24.4. The van der Waals surface area contributed by atoms with Crippen LogP contribution in [-0.4, -0.2) is 31.8 Å². The summed E-state index contributed by atoms with van der Waals surface area (Å²) in [5.74, 6) is -0.204. The lowest BCUT2D eigenvalue weighted by Crippen LogP contribution is -2.48. The smallest absolute Gasteiger partial charge is 0.128 e. The van der Waals surface area contributed by atoms with Gasteiger partial charge in [0.25, 0.3) is 0 Å². The van der Waals surface area contributed by atoms with E-state index in [-0.39, 0.29) is 11.9 Å². The Kier molecular flexibility index (Phi) is 16.1. The van der Waals surface area contributed by atoms with Crippen molar-refractivity contribution in [3.05, 3.63) is 37.2 Å². The minimum absolute atomic E-state index is 0.0891. The van der Waals surface area contributed by atoms with Gasteiger partial charge in [-0.05, 0) is 39.4 Å². The third kappa shape index (κ3) is 14.9. The fourth-order valence-electron chi connectivity index (χ4n) is 1.48. The number of hydrogen-bond donors (Lipinski definition) is 2. The van der Waals surface area contributed by atoms with Gasteiger partial charge < -0.3 is 10.6 Å². The van der Waals surface area contributed by atoms with Crippen molar-refractivity contribution in [1.29, 1.82) is 0 Å². The summed E-state index contributed by atoms with van der Waals surface area (Å²) in [6, 6.07) is 0.0891. The first kappa shape index (κ1) is 20.3. The highest BCUT2D eigenvalue weighted by atomic mass is 19.1. The molecule has 0 bridgehead atoms. The predicted octanol–water partition coefficient (Wildman–Crippen LogP) is 3.53. The Balaban J connectivity index is 0. The van der Waals surface area contributed by atoms with Gasteiger partial charge in [-0.3, -0.25) is 0 Å². The molecule has 0 aromatic carbocycles. The maximum Gasteiger partial charge on any atom is 0.128 e. The van der Waals surface area contributed by atoms with Crippen LogP contribution in [0.1, 0.15) is 27.2 Å². The molecule has 1 saturated heterocycles. The van der Waals surface area contributed by atoms with Gasteiger partial charge in [0.05, 0.1) is 5.83 Å². The molecule has 2 N–H and O–H groups in total. The van der Waals surface area contributed by atoms with E-state index < -0.39 is 6.17 Å². The molecule has 0 saturated carbocycles.